The Labute approximate surface area is 168 Å². The smallest absolute Gasteiger partial charge is 0.229 e. The van der Waals surface area contributed by atoms with E-state index in [0.29, 0.717) is 5.95 Å². The molecule has 0 spiro atoms. The monoisotopic (exact) mass is 397 g/mol. The van der Waals surface area contributed by atoms with Crippen molar-refractivity contribution in [2.75, 3.05) is 41.3 Å². The summed E-state index contributed by atoms with van der Waals surface area (Å²) >= 11 is 6.12. The summed E-state index contributed by atoms with van der Waals surface area (Å²) in [5.41, 5.74) is 2.78. The van der Waals surface area contributed by atoms with Gasteiger partial charge in [-0.2, -0.15) is 4.98 Å². The van der Waals surface area contributed by atoms with Gasteiger partial charge in [0.15, 0.2) is 0 Å². The molecule has 1 aromatic heterocycles. The second kappa shape index (κ2) is 8.02. The van der Waals surface area contributed by atoms with Crippen LogP contribution in [0.2, 0.25) is 5.02 Å². The highest BCUT2D eigenvalue weighted by atomic mass is 35.5. The highest BCUT2D eigenvalue weighted by Gasteiger charge is 2.19. The lowest BCUT2D eigenvalue weighted by atomic mass is 10.2. The summed E-state index contributed by atoms with van der Waals surface area (Å²) in [6.07, 6.45) is 0. The third-order valence-corrected chi connectivity index (χ3v) is 4.95. The van der Waals surface area contributed by atoms with Crippen LogP contribution in [-0.2, 0) is 0 Å². The molecule has 2 aromatic carbocycles. The van der Waals surface area contributed by atoms with Crippen molar-refractivity contribution in [2.24, 2.45) is 0 Å². The third-order valence-electron chi connectivity index (χ3n) is 4.72. The van der Waals surface area contributed by atoms with E-state index in [9.17, 15) is 4.39 Å². The number of nitrogens with one attached hydrogen (secondary N) is 1. The maximum Gasteiger partial charge on any atom is 0.229 e. The predicted molar refractivity (Wildman–Crippen MR) is 112 cm³/mol. The van der Waals surface area contributed by atoms with Gasteiger partial charge in [-0.15, -0.1) is 0 Å². The Bertz CT molecular complexity index is 955. The van der Waals surface area contributed by atoms with Gasteiger partial charge >= 0.3 is 0 Å². The van der Waals surface area contributed by atoms with Crippen LogP contribution in [0.25, 0.3) is 0 Å². The van der Waals surface area contributed by atoms with E-state index in [4.69, 9.17) is 11.6 Å². The van der Waals surface area contributed by atoms with Gasteiger partial charge in [0.25, 0.3) is 0 Å². The molecule has 1 fully saturated rings. The largest absolute Gasteiger partial charge is 0.368 e. The van der Waals surface area contributed by atoms with Crippen LogP contribution in [0, 0.1) is 12.7 Å². The Balaban J connectivity index is 1.46. The lowest BCUT2D eigenvalue weighted by Gasteiger charge is -2.37. The fraction of sp³-hybridized carbons (Fsp3) is 0.238. The van der Waals surface area contributed by atoms with Gasteiger partial charge in [0.2, 0.25) is 5.95 Å². The second-order valence-corrected chi connectivity index (χ2v) is 7.21. The van der Waals surface area contributed by atoms with Crippen molar-refractivity contribution in [2.45, 2.75) is 6.92 Å². The molecule has 0 amide bonds. The number of halogens is 2. The molecule has 1 aliphatic rings. The van der Waals surface area contributed by atoms with Crippen LogP contribution in [0.1, 0.15) is 5.69 Å². The number of aryl methyl sites for hydroxylation is 1. The van der Waals surface area contributed by atoms with E-state index in [1.54, 1.807) is 12.1 Å². The molecule has 0 bridgehead atoms. The number of piperazine rings is 1. The molecular formula is C21H21ClFN5. The van der Waals surface area contributed by atoms with Gasteiger partial charge in [0.1, 0.15) is 11.6 Å². The number of anilines is 4. The lowest BCUT2D eigenvalue weighted by Crippen LogP contribution is -2.46. The van der Waals surface area contributed by atoms with Crippen LogP contribution >= 0.6 is 11.6 Å². The van der Waals surface area contributed by atoms with Gasteiger partial charge in [0.05, 0.1) is 0 Å². The van der Waals surface area contributed by atoms with Gasteiger partial charge in [-0.3, -0.25) is 0 Å². The van der Waals surface area contributed by atoms with E-state index in [-0.39, 0.29) is 5.82 Å². The molecule has 1 saturated heterocycles. The topological polar surface area (TPSA) is 44.3 Å². The molecule has 1 N–H and O–H groups in total. The summed E-state index contributed by atoms with van der Waals surface area (Å²) in [4.78, 5) is 13.7. The van der Waals surface area contributed by atoms with Crippen LogP contribution < -0.4 is 15.1 Å². The molecule has 2 heterocycles. The average molecular weight is 398 g/mol. The maximum absolute atomic E-state index is 13.1. The Morgan fingerprint density at radius 1 is 0.929 bits per heavy atom. The van der Waals surface area contributed by atoms with Crippen LogP contribution in [0.5, 0.6) is 0 Å². The minimum absolute atomic E-state index is 0.269. The van der Waals surface area contributed by atoms with Crippen molar-refractivity contribution in [3.05, 3.63) is 71.1 Å². The average Bonchev–Trinajstić information content (AvgIpc) is 2.69. The molecule has 1 aliphatic heterocycles. The molecule has 0 saturated carbocycles. The summed E-state index contributed by atoms with van der Waals surface area (Å²) in [6.45, 7) is 5.45. The molecule has 0 radical (unpaired) electrons. The molecule has 144 valence electrons. The normalized spacial score (nSPS) is 14.2. The quantitative estimate of drug-likeness (QED) is 0.694. The minimum atomic E-state index is -0.269. The van der Waals surface area contributed by atoms with Crippen LogP contribution in [0.4, 0.5) is 27.5 Å². The first-order chi connectivity index (χ1) is 13.6. The van der Waals surface area contributed by atoms with E-state index < -0.39 is 0 Å². The number of nitrogens with zero attached hydrogens (tertiary/aromatic N) is 4. The van der Waals surface area contributed by atoms with Crippen molar-refractivity contribution >= 4 is 34.7 Å². The predicted octanol–water partition coefficient (Wildman–Crippen LogP) is 4.65. The van der Waals surface area contributed by atoms with Crippen molar-refractivity contribution in [3.8, 4) is 0 Å². The van der Waals surface area contributed by atoms with Crippen molar-refractivity contribution in [1.29, 1.82) is 0 Å². The van der Waals surface area contributed by atoms with Gasteiger partial charge in [0, 0.05) is 54.3 Å². The second-order valence-electron chi connectivity index (χ2n) is 6.78. The van der Waals surface area contributed by atoms with Crippen LogP contribution in [-0.4, -0.2) is 36.1 Å². The Morgan fingerprint density at radius 2 is 1.64 bits per heavy atom. The highest BCUT2D eigenvalue weighted by Crippen LogP contribution is 2.24. The van der Waals surface area contributed by atoms with Gasteiger partial charge in [-0.05, 0) is 49.4 Å². The standard InChI is InChI=1S/C21H21ClFN5/c1-15-13-20(26-21(24-15)25-18-7-5-17(23)6-8-18)28-11-9-27(10-12-28)19-4-2-3-16(22)14-19/h2-8,13-14H,9-12H2,1H3,(H,24,25,26). The zero-order chi connectivity index (χ0) is 19.5. The Hall–Kier alpha value is -2.86. The summed E-state index contributed by atoms with van der Waals surface area (Å²) in [7, 11) is 0. The van der Waals surface area contributed by atoms with Crippen LogP contribution in [0.15, 0.2) is 54.6 Å². The van der Waals surface area contributed by atoms with Crippen molar-refractivity contribution in [1.82, 2.24) is 9.97 Å². The highest BCUT2D eigenvalue weighted by molar-refractivity contribution is 6.30. The first-order valence-corrected chi connectivity index (χ1v) is 9.58. The Kier molecular flexibility index (Phi) is 5.30. The third kappa shape index (κ3) is 4.34. The molecule has 5 nitrogen and oxygen atoms in total. The number of hydrogen-bond acceptors (Lipinski definition) is 5. The number of benzene rings is 2. The lowest BCUT2D eigenvalue weighted by molar-refractivity contribution is 0.628. The van der Waals surface area contributed by atoms with E-state index in [2.05, 4.69) is 31.2 Å². The number of rotatable bonds is 4. The Morgan fingerprint density at radius 3 is 2.36 bits per heavy atom. The molecular weight excluding hydrogens is 377 g/mol. The van der Waals surface area contributed by atoms with Crippen LogP contribution in [0.3, 0.4) is 0 Å². The minimum Gasteiger partial charge on any atom is -0.368 e. The fourth-order valence-electron chi connectivity index (χ4n) is 3.30. The molecule has 4 rings (SSSR count). The maximum atomic E-state index is 13.1. The molecule has 7 heteroatoms. The summed E-state index contributed by atoms with van der Waals surface area (Å²) < 4.78 is 13.1. The first-order valence-electron chi connectivity index (χ1n) is 9.20. The first kappa shape index (κ1) is 18.5. The summed E-state index contributed by atoms with van der Waals surface area (Å²) in [5.74, 6) is 1.13. The van der Waals surface area contributed by atoms with Gasteiger partial charge in [-0.1, -0.05) is 17.7 Å². The number of aromatic nitrogens is 2. The van der Waals surface area contributed by atoms with Crippen molar-refractivity contribution in [3.63, 3.8) is 0 Å². The van der Waals surface area contributed by atoms with E-state index in [0.717, 1.165) is 54.1 Å². The SMILES string of the molecule is Cc1cc(N2CCN(c3cccc(Cl)c3)CC2)nc(Nc2ccc(F)cc2)n1. The van der Waals surface area contributed by atoms with E-state index in [1.165, 1.54) is 12.1 Å². The molecule has 0 aliphatic carbocycles. The zero-order valence-corrected chi connectivity index (χ0v) is 16.3. The number of hydrogen-bond donors (Lipinski definition) is 1. The van der Waals surface area contributed by atoms with Gasteiger partial charge < -0.3 is 15.1 Å². The summed E-state index contributed by atoms with van der Waals surface area (Å²) in [6, 6.07) is 16.1. The van der Waals surface area contributed by atoms with Crippen molar-refractivity contribution < 1.29 is 4.39 Å². The molecule has 0 unspecified atom stereocenters. The molecule has 0 atom stereocenters. The molecule has 28 heavy (non-hydrogen) atoms. The fourth-order valence-corrected chi connectivity index (χ4v) is 3.48. The summed E-state index contributed by atoms with van der Waals surface area (Å²) in [5, 5.41) is 3.90. The molecule has 3 aromatic rings. The zero-order valence-electron chi connectivity index (χ0n) is 15.6. The van der Waals surface area contributed by atoms with E-state index >= 15 is 0 Å². The van der Waals surface area contributed by atoms with Gasteiger partial charge in [-0.25, -0.2) is 9.37 Å². The van der Waals surface area contributed by atoms with E-state index in [1.807, 2.05) is 31.2 Å².